The van der Waals surface area contributed by atoms with E-state index in [1.165, 1.54) is 12.1 Å². The van der Waals surface area contributed by atoms with E-state index in [4.69, 9.17) is 11.6 Å². The first kappa shape index (κ1) is 17.9. The second-order valence-corrected chi connectivity index (χ2v) is 7.22. The molecule has 0 aliphatic heterocycles. The van der Waals surface area contributed by atoms with E-state index in [1.807, 2.05) is 24.3 Å². The van der Waals surface area contributed by atoms with Gasteiger partial charge in [0.2, 0.25) is 5.91 Å². The average molecular weight is 360 g/mol. The van der Waals surface area contributed by atoms with Crippen LogP contribution in [0.1, 0.15) is 43.2 Å². The summed E-state index contributed by atoms with van der Waals surface area (Å²) in [5, 5.41) is 3.82. The molecule has 1 fully saturated rings. The van der Waals surface area contributed by atoms with Crippen LogP contribution in [0.15, 0.2) is 48.5 Å². The first-order chi connectivity index (χ1) is 12.1. The minimum Gasteiger partial charge on any atom is -0.355 e. The van der Waals surface area contributed by atoms with Crippen LogP contribution in [0.4, 0.5) is 4.39 Å². The van der Waals surface area contributed by atoms with Crippen LogP contribution >= 0.6 is 11.6 Å². The summed E-state index contributed by atoms with van der Waals surface area (Å²) in [4.78, 5) is 13.0. The van der Waals surface area contributed by atoms with Gasteiger partial charge in [0.1, 0.15) is 5.82 Å². The minimum absolute atomic E-state index is 0.0628. The van der Waals surface area contributed by atoms with E-state index in [0.29, 0.717) is 11.6 Å². The summed E-state index contributed by atoms with van der Waals surface area (Å²) in [6, 6.07) is 14.1. The molecule has 1 aliphatic carbocycles. The monoisotopic (exact) mass is 359 g/mol. The van der Waals surface area contributed by atoms with Gasteiger partial charge in [-0.1, -0.05) is 55.1 Å². The van der Waals surface area contributed by atoms with E-state index in [2.05, 4.69) is 5.32 Å². The van der Waals surface area contributed by atoms with Gasteiger partial charge in [-0.25, -0.2) is 4.39 Å². The maximum Gasteiger partial charge on any atom is 0.230 e. The molecule has 0 heterocycles. The molecule has 2 aromatic rings. The molecule has 1 amide bonds. The number of amides is 1. The number of rotatable bonds is 5. The first-order valence-corrected chi connectivity index (χ1v) is 9.27. The molecule has 2 nitrogen and oxygen atoms in total. The van der Waals surface area contributed by atoms with Crippen molar-refractivity contribution in [3.05, 3.63) is 70.5 Å². The van der Waals surface area contributed by atoms with Crippen LogP contribution in [-0.2, 0) is 16.6 Å². The molecular weight excluding hydrogens is 337 g/mol. The molecule has 1 aliphatic rings. The van der Waals surface area contributed by atoms with Crippen molar-refractivity contribution >= 4 is 17.5 Å². The number of hydrogen-bond acceptors (Lipinski definition) is 1. The number of halogens is 2. The summed E-state index contributed by atoms with van der Waals surface area (Å²) in [5.74, 6) is -0.203. The lowest BCUT2D eigenvalue weighted by Crippen LogP contribution is -2.46. The number of hydrogen-bond donors (Lipinski definition) is 1. The normalized spacial score (nSPS) is 16.4. The summed E-state index contributed by atoms with van der Waals surface area (Å²) >= 11 is 5.90. The fraction of sp³-hybridized carbons (Fsp3) is 0.381. The summed E-state index contributed by atoms with van der Waals surface area (Å²) < 4.78 is 13.3. The molecule has 0 radical (unpaired) electrons. The fourth-order valence-corrected chi connectivity index (χ4v) is 3.84. The highest BCUT2D eigenvalue weighted by molar-refractivity contribution is 6.30. The third-order valence-electron chi connectivity index (χ3n) is 5.15. The van der Waals surface area contributed by atoms with Gasteiger partial charge < -0.3 is 5.32 Å². The molecule has 0 aromatic heterocycles. The van der Waals surface area contributed by atoms with Gasteiger partial charge in [-0.2, -0.15) is 0 Å². The van der Waals surface area contributed by atoms with Crippen molar-refractivity contribution in [1.82, 2.24) is 5.32 Å². The zero-order chi connectivity index (χ0) is 17.7. The van der Waals surface area contributed by atoms with E-state index in [9.17, 15) is 9.18 Å². The Labute approximate surface area is 153 Å². The van der Waals surface area contributed by atoms with E-state index >= 15 is 0 Å². The van der Waals surface area contributed by atoms with Crippen LogP contribution in [0.2, 0.25) is 5.02 Å². The molecule has 0 spiro atoms. The highest BCUT2D eigenvalue weighted by Crippen LogP contribution is 2.39. The zero-order valence-corrected chi connectivity index (χ0v) is 15.0. The predicted octanol–water partition coefficient (Wildman–Crippen LogP) is 5.04. The van der Waals surface area contributed by atoms with Crippen molar-refractivity contribution in [1.29, 1.82) is 0 Å². The molecule has 2 aromatic carbocycles. The molecule has 0 atom stereocenters. The van der Waals surface area contributed by atoms with Gasteiger partial charge >= 0.3 is 0 Å². The largest absolute Gasteiger partial charge is 0.355 e. The molecule has 25 heavy (non-hydrogen) atoms. The summed E-state index contributed by atoms with van der Waals surface area (Å²) in [5.41, 5.74) is 1.55. The van der Waals surface area contributed by atoms with Gasteiger partial charge in [-0.05, 0) is 54.7 Å². The SMILES string of the molecule is O=C(NCCc1ccc(Cl)cc1)C1(c2ccc(F)cc2)CCCCC1. The fourth-order valence-electron chi connectivity index (χ4n) is 3.71. The number of carbonyl (C=O) groups is 1. The third kappa shape index (κ3) is 4.21. The van der Waals surface area contributed by atoms with Crippen LogP contribution in [0.5, 0.6) is 0 Å². The lowest BCUT2D eigenvalue weighted by molar-refractivity contribution is -0.128. The Morgan fingerprint density at radius 3 is 2.28 bits per heavy atom. The Hall–Kier alpha value is -1.87. The Bertz CT molecular complexity index is 706. The maximum absolute atomic E-state index is 13.3. The lowest BCUT2D eigenvalue weighted by Gasteiger charge is -2.36. The van der Waals surface area contributed by atoms with Gasteiger partial charge in [-0.15, -0.1) is 0 Å². The van der Waals surface area contributed by atoms with Gasteiger partial charge in [-0.3, -0.25) is 4.79 Å². The molecular formula is C21H23ClFNO. The van der Waals surface area contributed by atoms with Crippen molar-refractivity contribution in [2.75, 3.05) is 6.54 Å². The van der Waals surface area contributed by atoms with Gasteiger partial charge in [0.15, 0.2) is 0 Å². The molecule has 1 saturated carbocycles. The van der Waals surface area contributed by atoms with Crippen molar-refractivity contribution in [3.8, 4) is 0 Å². The zero-order valence-electron chi connectivity index (χ0n) is 14.2. The second kappa shape index (κ2) is 8.01. The quantitative estimate of drug-likeness (QED) is 0.796. The van der Waals surface area contributed by atoms with E-state index in [0.717, 1.165) is 49.7 Å². The standard InChI is InChI=1S/C21H23ClFNO/c22-18-8-4-16(5-9-18)12-15-24-20(25)21(13-2-1-3-14-21)17-6-10-19(23)11-7-17/h4-11H,1-3,12-15H2,(H,24,25). The maximum atomic E-state index is 13.3. The minimum atomic E-state index is -0.522. The lowest BCUT2D eigenvalue weighted by atomic mass is 9.68. The molecule has 4 heteroatoms. The first-order valence-electron chi connectivity index (χ1n) is 8.89. The molecule has 0 unspecified atom stereocenters. The third-order valence-corrected chi connectivity index (χ3v) is 5.40. The Morgan fingerprint density at radius 1 is 1.00 bits per heavy atom. The van der Waals surface area contributed by atoms with Gasteiger partial charge in [0.25, 0.3) is 0 Å². The van der Waals surface area contributed by atoms with Crippen LogP contribution in [0, 0.1) is 5.82 Å². The van der Waals surface area contributed by atoms with Crippen LogP contribution in [0.3, 0.4) is 0 Å². The molecule has 0 saturated heterocycles. The van der Waals surface area contributed by atoms with Crippen molar-refractivity contribution < 1.29 is 9.18 Å². The Kier molecular flexibility index (Phi) is 5.74. The Balaban J connectivity index is 1.69. The molecule has 0 bridgehead atoms. The Morgan fingerprint density at radius 2 is 1.64 bits per heavy atom. The van der Waals surface area contributed by atoms with E-state index in [1.54, 1.807) is 12.1 Å². The topological polar surface area (TPSA) is 29.1 Å². The second-order valence-electron chi connectivity index (χ2n) is 6.78. The van der Waals surface area contributed by atoms with Crippen molar-refractivity contribution in [2.45, 2.75) is 43.9 Å². The highest BCUT2D eigenvalue weighted by Gasteiger charge is 2.40. The van der Waals surface area contributed by atoms with Gasteiger partial charge in [0.05, 0.1) is 5.41 Å². The number of carbonyl (C=O) groups excluding carboxylic acids is 1. The van der Waals surface area contributed by atoms with E-state index < -0.39 is 5.41 Å². The summed E-state index contributed by atoms with van der Waals surface area (Å²) in [6.45, 7) is 0.587. The van der Waals surface area contributed by atoms with Gasteiger partial charge in [0, 0.05) is 11.6 Å². The van der Waals surface area contributed by atoms with Crippen molar-refractivity contribution in [3.63, 3.8) is 0 Å². The van der Waals surface area contributed by atoms with Crippen LogP contribution in [-0.4, -0.2) is 12.5 Å². The molecule has 3 rings (SSSR count). The highest BCUT2D eigenvalue weighted by atomic mass is 35.5. The van der Waals surface area contributed by atoms with Crippen molar-refractivity contribution in [2.24, 2.45) is 0 Å². The van der Waals surface area contributed by atoms with Crippen LogP contribution < -0.4 is 5.32 Å². The summed E-state index contributed by atoms with van der Waals surface area (Å²) in [7, 11) is 0. The average Bonchev–Trinajstić information content (AvgIpc) is 2.64. The predicted molar refractivity (Wildman–Crippen MR) is 99.3 cm³/mol. The summed E-state index contributed by atoms with van der Waals surface area (Å²) in [6.07, 6.45) is 5.63. The van der Waals surface area contributed by atoms with E-state index in [-0.39, 0.29) is 11.7 Å². The number of benzene rings is 2. The number of nitrogens with one attached hydrogen (secondary N) is 1. The molecule has 132 valence electrons. The smallest absolute Gasteiger partial charge is 0.230 e. The van der Waals surface area contributed by atoms with Crippen LogP contribution in [0.25, 0.3) is 0 Å². The molecule has 1 N–H and O–H groups in total.